The molecule has 16 heteroatoms. The van der Waals surface area contributed by atoms with E-state index in [4.69, 9.17) is 0 Å². The molecule has 138 valence electrons. The van der Waals surface area contributed by atoms with Gasteiger partial charge in [-0.05, 0) is 0 Å². The first-order chi connectivity index (χ1) is 10.4. The molecular formula is C8HF12N3O. The Labute approximate surface area is 122 Å². The fourth-order valence-corrected chi connectivity index (χ4v) is 1.84. The highest BCUT2D eigenvalue weighted by molar-refractivity contribution is 5.77. The van der Waals surface area contributed by atoms with Crippen molar-refractivity contribution in [3.63, 3.8) is 0 Å². The van der Waals surface area contributed by atoms with Gasteiger partial charge in [0, 0.05) is 6.21 Å². The topological polar surface area (TPSA) is 45.0 Å². The van der Waals surface area contributed by atoms with E-state index in [1.165, 1.54) is 10.1 Å². The summed E-state index contributed by atoms with van der Waals surface area (Å²) in [4.78, 5) is 11.4. The fraction of sp³-hybridized carbons (Fsp3) is 0.750. The maximum Gasteiger partial charge on any atom is 0.443 e. The molecule has 1 heterocycles. The summed E-state index contributed by atoms with van der Waals surface area (Å²) < 4.78 is 154. The molecule has 4 nitrogen and oxygen atoms in total. The molecule has 0 aromatic carbocycles. The van der Waals surface area contributed by atoms with E-state index in [1.807, 2.05) is 0 Å². The van der Waals surface area contributed by atoms with Crippen LogP contribution in [0.15, 0.2) is 10.1 Å². The van der Waals surface area contributed by atoms with Gasteiger partial charge in [0.1, 0.15) is 0 Å². The lowest BCUT2D eigenvalue weighted by atomic mass is 9.97. The molecule has 0 atom stereocenters. The van der Waals surface area contributed by atoms with Crippen LogP contribution in [0.25, 0.3) is 0 Å². The first-order valence-electron chi connectivity index (χ1n) is 5.11. The smallest absolute Gasteiger partial charge is 0.248 e. The van der Waals surface area contributed by atoms with E-state index in [9.17, 15) is 57.5 Å². The average molecular weight is 383 g/mol. The van der Waals surface area contributed by atoms with Gasteiger partial charge in [0.15, 0.2) is 0 Å². The van der Waals surface area contributed by atoms with Crippen LogP contribution in [0, 0.1) is 0 Å². The summed E-state index contributed by atoms with van der Waals surface area (Å²) in [5.41, 5.74) is -12.0. The molecule has 1 rings (SSSR count). The zero-order chi connectivity index (χ0) is 19.4. The second kappa shape index (κ2) is 5.00. The normalized spacial score (nSPS) is 20.9. The number of hydrogen-bond donors (Lipinski definition) is 0. The van der Waals surface area contributed by atoms with E-state index in [1.54, 1.807) is 0 Å². The Balaban J connectivity index is 3.97. The standard InChI is InChI=1S/C8HF12N3O/c9-5(10,11)3(6(12,13)14)1-21-4(7(15,16)17,8(18,19)20)23(3)22-2-24/h1H. The average Bonchev–Trinajstić information content (AvgIpc) is 2.63. The molecule has 0 saturated carbocycles. The van der Waals surface area contributed by atoms with Gasteiger partial charge in [-0.1, -0.05) is 5.10 Å². The molecule has 0 aromatic heterocycles. The van der Waals surface area contributed by atoms with Crippen LogP contribution in [0.4, 0.5) is 52.7 Å². The summed E-state index contributed by atoms with van der Waals surface area (Å²) in [7, 11) is 0. The molecule has 0 fully saturated rings. The summed E-state index contributed by atoms with van der Waals surface area (Å²) in [6.45, 7) is 0. The molecule has 0 aliphatic carbocycles. The Morgan fingerprint density at radius 2 is 1.17 bits per heavy atom. The summed E-state index contributed by atoms with van der Waals surface area (Å²) in [5, 5.41) is -1.10. The number of halogens is 12. The van der Waals surface area contributed by atoms with Crippen molar-refractivity contribution < 1.29 is 57.5 Å². The number of rotatable bonds is 1. The molecule has 0 unspecified atom stereocenters. The zero-order valence-corrected chi connectivity index (χ0v) is 10.4. The van der Waals surface area contributed by atoms with Gasteiger partial charge in [0.25, 0.3) is 11.6 Å². The van der Waals surface area contributed by atoms with Crippen molar-refractivity contribution in [1.29, 1.82) is 0 Å². The maximum atomic E-state index is 12.8. The molecule has 1 aliphatic heterocycles. The van der Waals surface area contributed by atoms with E-state index in [-0.39, 0.29) is 6.08 Å². The number of carbonyl (C=O) groups excluding carboxylic acids is 1. The second-order valence-corrected chi connectivity index (χ2v) is 4.19. The first kappa shape index (κ1) is 20.1. The third kappa shape index (κ3) is 2.31. The highest BCUT2D eigenvalue weighted by atomic mass is 19.4. The Morgan fingerprint density at radius 1 is 0.792 bits per heavy atom. The van der Waals surface area contributed by atoms with Crippen LogP contribution < -0.4 is 0 Å². The highest BCUT2D eigenvalue weighted by Crippen LogP contribution is 2.59. The minimum absolute atomic E-state index is 0.172. The molecule has 1 aliphatic rings. The van der Waals surface area contributed by atoms with Gasteiger partial charge in [-0.2, -0.15) is 52.7 Å². The minimum atomic E-state index is -6.85. The molecule has 0 amide bonds. The number of isocyanates is 1. The third-order valence-corrected chi connectivity index (χ3v) is 2.87. The lowest BCUT2D eigenvalue weighted by Gasteiger charge is -2.44. The van der Waals surface area contributed by atoms with Crippen LogP contribution in [-0.4, -0.2) is 53.2 Å². The summed E-state index contributed by atoms with van der Waals surface area (Å²) in [5.74, 6) is 0. The zero-order valence-electron chi connectivity index (χ0n) is 10.4. The predicted octanol–water partition coefficient (Wildman–Crippen LogP) is 3.31. The Bertz CT molecular complexity index is 505. The molecule has 0 N–H and O–H groups in total. The number of aliphatic imine (C=N–C) groups is 1. The van der Waals surface area contributed by atoms with Gasteiger partial charge >= 0.3 is 30.4 Å². The number of alkyl halides is 12. The van der Waals surface area contributed by atoms with Crippen molar-refractivity contribution in [2.75, 3.05) is 0 Å². The first-order valence-corrected chi connectivity index (χ1v) is 5.11. The number of nitrogens with zero attached hydrogens (tertiary/aromatic N) is 3. The van der Waals surface area contributed by atoms with Crippen molar-refractivity contribution in [1.82, 2.24) is 5.01 Å². The molecule has 0 saturated heterocycles. The second-order valence-electron chi connectivity index (χ2n) is 4.19. The van der Waals surface area contributed by atoms with Crippen LogP contribution in [0.1, 0.15) is 0 Å². The largest absolute Gasteiger partial charge is 0.443 e. The Kier molecular flexibility index (Phi) is 4.18. The summed E-state index contributed by atoms with van der Waals surface area (Å²) in [6.07, 6.45) is -29.1. The third-order valence-electron chi connectivity index (χ3n) is 2.87. The van der Waals surface area contributed by atoms with E-state index < -0.39 is 47.1 Å². The van der Waals surface area contributed by atoms with Crippen molar-refractivity contribution in [3.8, 4) is 0 Å². The van der Waals surface area contributed by atoms with Gasteiger partial charge in [0.05, 0.1) is 0 Å². The number of hydrogen-bond acceptors (Lipinski definition) is 4. The van der Waals surface area contributed by atoms with Crippen LogP contribution in [0.2, 0.25) is 0 Å². The molecule has 0 aromatic rings. The Hall–Kier alpha value is -1.99. The molecule has 0 radical (unpaired) electrons. The van der Waals surface area contributed by atoms with Crippen LogP contribution in [0.3, 0.4) is 0 Å². The van der Waals surface area contributed by atoms with Crippen molar-refractivity contribution in [3.05, 3.63) is 0 Å². The van der Waals surface area contributed by atoms with Crippen molar-refractivity contribution in [2.45, 2.75) is 35.9 Å². The minimum Gasteiger partial charge on any atom is -0.248 e. The number of hydrazone groups is 1. The monoisotopic (exact) mass is 383 g/mol. The molecular weight excluding hydrogens is 382 g/mol. The van der Waals surface area contributed by atoms with Crippen LogP contribution in [0.5, 0.6) is 0 Å². The fourth-order valence-electron chi connectivity index (χ4n) is 1.84. The van der Waals surface area contributed by atoms with Gasteiger partial charge in [-0.25, -0.2) is 14.8 Å². The lowest BCUT2D eigenvalue weighted by molar-refractivity contribution is -0.383. The summed E-state index contributed by atoms with van der Waals surface area (Å²) >= 11 is 0. The molecule has 24 heavy (non-hydrogen) atoms. The maximum absolute atomic E-state index is 12.8. The Morgan fingerprint density at radius 3 is 1.42 bits per heavy atom. The highest BCUT2D eigenvalue weighted by Gasteiger charge is 2.88. The molecule has 0 spiro atoms. The summed E-state index contributed by atoms with van der Waals surface area (Å²) in [6, 6.07) is 0. The van der Waals surface area contributed by atoms with E-state index in [0.717, 1.165) is 0 Å². The van der Waals surface area contributed by atoms with Gasteiger partial charge in [0.2, 0.25) is 0 Å². The van der Waals surface area contributed by atoms with Gasteiger partial charge in [-0.15, -0.1) is 0 Å². The van der Waals surface area contributed by atoms with E-state index >= 15 is 0 Å². The van der Waals surface area contributed by atoms with Gasteiger partial charge in [-0.3, -0.25) is 0 Å². The van der Waals surface area contributed by atoms with Crippen LogP contribution >= 0.6 is 0 Å². The lowest BCUT2D eigenvalue weighted by Crippen LogP contribution is -2.74. The van der Waals surface area contributed by atoms with Crippen LogP contribution in [-0.2, 0) is 4.79 Å². The molecule has 0 bridgehead atoms. The predicted molar refractivity (Wildman–Crippen MR) is 48.1 cm³/mol. The van der Waals surface area contributed by atoms with Crippen molar-refractivity contribution in [2.24, 2.45) is 10.1 Å². The quantitative estimate of drug-likeness (QED) is 0.396. The van der Waals surface area contributed by atoms with E-state index in [0.29, 0.717) is 0 Å². The SMILES string of the molecule is O=C=NN1C(C(F)(F)F)(C(F)(F)F)C=NC1(C(F)(F)F)C(F)(F)F. The van der Waals surface area contributed by atoms with Crippen molar-refractivity contribution >= 4 is 12.3 Å². The van der Waals surface area contributed by atoms with E-state index in [2.05, 4.69) is 0 Å². The van der Waals surface area contributed by atoms with Gasteiger partial charge < -0.3 is 0 Å².